The third-order valence-corrected chi connectivity index (χ3v) is 6.59. The van der Waals surface area contributed by atoms with Gasteiger partial charge in [-0.3, -0.25) is 4.79 Å². The molecular weight excluding hydrogens is 414 g/mol. The maximum absolute atomic E-state index is 13.4. The Morgan fingerprint density at radius 3 is 2.39 bits per heavy atom. The van der Waals surface area contributed by atoms with E-state index < -0.39 is 17.4 Å². The van der Waals surface area contributed by atoms with Gasteiger partial charge in [0.05, 0.1) is 11.7 Å². The lowest BCUT2D eigenvalue weighted by atomic mass is 9.81. The Balaban J connectivity index is 1.60. The topological polar surface area (TPSA) is 75.6 Å². The van der Waals surface area contributed by atoms with Crippen molar-refractivity contribution < 1.29 is 19.4 Å². The number of rotatable bonds is 8. The summed E-state index contributed by atoms with van der Waals surface area (Å²) >= 11 is 0. The van der Waals surface area contributed by atoms with Crippen LogP contribution in [-0.4, -0.2) is 28.6 Å². The fraction of sp³-hybridized carbons (Fsp3) is 0.357. The van der Waals surface area contributed by atoms with Gasteiger partial charge in [-0.05, 0) is 49.6 Å². The van der Waals surface area contributed by atoms with Crippen LogP contribution in [0.5, 0.6) is 5.75 Å². The van der Waals surface area contributed by atoms with Crippen molar-refractivity contribution in [2.24, 2.45) is 0 Å². The lowest BCUT2D eigenvalue weighted by Gasteiger charge is -2.34. The highest BCUT2D eigenvalue weighted by Gasteiger charge is 2.41. The first-order valence-electron chi connectivity index (χ1n) is 11.8. The maximum atomic E-state index is 13.4. The monoisotopic (exact) mass is 445 g/mol. The van der Waals surface area contributed by atoms with Crippen molar-refractivity contribution in [3.8, 4) is 5.75 Å². The van der Waals surface area contributed by atoms with Crippen LogP contribution in [0.2, 0.25) is 0 Å². The molecule has 5 heteroatoms. The van der Waals surface area contributed by atoms with Crippen LogP contribution in [0.3, 0.4) is 0 Å². The molecule has 1 amide bonds. The van der Waals surface area contributed by atoms with Gasteiger partial charge in [0, 0.05) is 5.39 Å². The summed E-state index contributed by atoms with van der Waals surface area (Å²) in [6.45, 7) is 2.01. The Bertz CT molecular complexity index is 1120. The SMILES string of the molecule is CC(CCc1ccccc1)Oc1c(C(=O)NC2(C(=O)O)CCCCC2)ccc2ccccc12. The minimum Gasteiger partial charge on any atom is -0.489 e. The van der Waals surface area contributed by atoms with E-state index in [1.165, 1.54) is 5.56 Å². The van der Waals surface area contributed by atoms with Crippen LogP contribution in [-0.2, 0) is 11.2 Å². The molecular formula is C28H31NO4. The molecule has 0 radical (unpaired) electrons. The molecule has 1 saturated carbocycles. The quantitative estimate of drug-likeness (QED) is 0.462. The number of hydrogen-bond acceptors (Lipinski definition) is 3. The van der Waals surface area contributed by atoms with Gasteiger partial charge in [-0.2, -0.15) is 0 Å². The predicted octanol–water partition coefficient (Wildman–Crippen LogP) is 5.76. The molecule has 1 fully saturated rings. The number of ether oxygens (including phenoxy) is 1. The number of nitrogens with one attached hydrogen (secondary N) is 1. The van der Waals surface area contributed by atoms with E-state index in [0.29, 0.717) is 24.2 Å². The van der Waals surface area contributed by atoms with Crippen LogP contribution in [0.25, 0.3) is 10.8 Å². The zero-order valence-electron chi connectivity index (χ0n) is 19.0. The first-order valence-corrected chi connectivity index (χ1v) is 11.8. The van der Waals surface area contributed by atoms with Crippen molar-refractivity contribution >= 4 is 22.6 Å². The van der Waals surface area contributed by atoms with Crippen LogP contribution < -0.4 is 10.1 Å². The van der Waals surface area contributed by atoms with Crippen molar-refractivity contribution in [1.29, 1.82) is 0 Å². The molecule has 3 aromatic rings. The summed E-state index contributed by atoms with van der Waals surface area (Å²) in [5.41, 5.74) is 0.410. The molecule has 172 valence electrons. The van der Waals surface area contributed by atoms with E-state index in [9.17, 15) is 14.7 Å². The number of carbonyl (C=O) groups excluding carboxylic acids is 1. The largest absolute Gasteiger partial charge is 0.489 e. The molecule has 0 spiro atoms. The Morgan fingerprint density at radius 1 is 0.970 bits per heavy atom. The number of carboxylic acids is 1. The number of amides is 1. The molecule has 0 saturated heterocycles. The van der Waals surface area contributed by atoms with Crippen LogP contribution in [0.1, 0.15) is 61.4 Å². The summed E-state index contributed by atoms with van der Waals surface area (Å²) in [6, 6.07) is 21.7. The molecule has 33 heavy (non-hydrogen) atoms. The second-order valence-electron chi connectivity index (χ2n) is 9.02. The fourth-order valence-electron chi connectivity index (χ4n) is 4.66. The molecule has 4 rings (SSSR count). The zero-order valence-corrected chi connectivity index (χ0v) is 19.0. The maximum Gasteiger partial charge on any atom is 0.329 e. The summed E-state index contributed by atoms with van der Waals surface area (Å²) in [7, 11) is 0. The first kappa shape index (κ1) is 22.8. The van der Waals surface area contributed by atoms with Crippen molar-refractivity contribution in [2.45, 2.75) is 63.5 Å². The van der Waals surface area contributed by atoms with Crippen LogP contribution >= 0.6 is 0 Å². The van der Waals surface area contributed by atoms with Gasteiger partial charge >= 0.3 is 5.97 Å². The van der Waals surface area contributed by atoms with Crippen LogP contribution in [0.15, 0.2) is 66.7 Å². The molecule has 0 aliphatic heterocycles. The van der Waals surface area contributed by atoms with Gasteiger partial charge in [0.15, 0.2) is 0 Å². The minimum absolute atomic E-state index is 0.120. The fourth-order valence-corrected chi connectivity index (χ4v) is 4.66. The van der Waals surface area contributed by atoms with E-state index in [4.69, 9.17) is 4.74 Å². The summed E-state index contributed by atoms with van der Waals surface area (Å²) in [5.74, 6) is -0.840. The van der Waals surface area contributed by atoms with Gasteiger partial charge in [0.1, 0.15) is 11.3 Å². The molecule has 0 bridgehead atoms. The molecule has 1 unspecified atom stereocenters. The van der Waals surface area contributed by atoms with Crippen molar-refractivity contribution in [3.63, 3.8) is 0 Å². The molecule has 1 aliphatic carbocycles. The lowest BCUT2D eigenvalue weighted by Crippen LogP contribution is -2.55. The van der Waals surface area contributed by atoms with Crippen LogP contribution in [0, 0.1) is 0 Å². The van der Waals surface area contributed by atoms with Gasteiger partial charge in [0.25, 0.3) is 5.91 Å². The van der Waals surface area contributed by atoms with Crippen molar-refractivity contribution in [3.05, 3.63) is 77.9 Å². The molecule has 1 aliphatic rings. The second-order valence-corrected chi connectivity index (χ2v) is 9.02. The summed E-state index contributed by atoms with van der Waals surface area (Å²) < 4.78 is 6.38. The van der Waals surface area contributed by atoms with Crippen molar-refractivity contribution in [1.82, 2.24) is 5.32 Å². The van der Waals surface area contributed by atoms with Gasteiger partial charge < -0.3 is 15.2 Å². The summed E-state index contributed by atoms with van der Waals surface area (Å²) in [4.78, 5) is 25.5. The third-order valence-electron chi connectivity index (χ3n) is 6.59. The zero-order chi connectivity index (χ0) is 23.3. The molecule has 3 aromatic carbocycles. The molecule has 1 atom stereocenters. The smallest absolute Gasteiger partial charge is 0.329 e. The first-order chi connectivity index (χ1) is 16.0. The second kappa shape index (κ2) is 10.1. The van der Waals surface area contributed by atoms with Gasteiger partial charge in [-0.15, -0.1) is 0 Å². The average molecular weight is 446 g/mol. The molecule has 2 N–H and O–H groups in total. The Kier molecular flexibility index (Phi) is 6.97. The Morgan fingerprint density at radius 2 is 1.67 bits per heavy atom. The van der Waals surface area contributed by atoms with E-state index in [1.807, 2.05) is 55.5 Å². The molecule has 0 heterocycles. The van der Waals surface area contributed by atoms with Crippen LogP contribution in [0.4, 0.5) is 0 Å². The van der Waals surface area contributed by atoms with Gasteiger partial charge in [-0.25, -0.2) is 4.79 Å². The number of carbonyl (C=O) groups is 2. The number of carboxylic acid groups (broad SMARTS) is 1. The number of aliphatic carboxylic acids is 1. The van der Waals surface area contributed by atoms with Gasteiger partial charge in [-0.1, -0.05) is 79.9 Å². The highest BCUT2D eigenvalue weighted by molar-refractivity contribution is 6.05. The van der Waals surface area contributed by atoms with E-state index in [1.54, 1.807) is 6.07 Å². The number of aryl methyl sites for hydroxylation is 1. The Hall–Kier alpha value is -3.34. The number of hydrogen-bond donors (Lipinski definition) is 2. The molecule has 5 nitrogen and oxygen atoms in total. The van der Waals surface area contributed by atoms with E-state index in [-0.39, 0.29) is 6.10 Å². The van der Waals surface area contributed by atoms with Crippen molar-refractivity contribution in [2.75, 3.05) is 0 Å². The van der Waals surface area contributed by atoms with E-state index >= 15 is 0 Å². The summed E-state index contributed by atoms with van der Waals surface area (Å²) in [5, 5.41) is 14.6. The minimum atomic E-state index is -1.21. The normalized spacial score (nSPS) is 16.2. The number of fused-ring (bicyclic) bond motifs is 1. The highest BCUT2D eigenvalue weighted by atomic mass is 16.5. The summed E-state index contributed by atoms with van der Waals surface area (Å²) in [6.07, 6.45) is 5.04. The predicted molar refractivity (Wildman–Crippen MR) is 130 cm³/mol. The number of benzene rings is 3. The standard InChI is InChI=1S/C28H31NO4/c1-20(14-15-21-10-4-2-5-11-21)33-25-23-13-7-6-12-22(23)16-17-24(25)26(30)29-28(27(31)32)18-8-3-9-19-28/h2,4-7,10-13,16-17,20H,3,8-9,14-15,18-19H2,1H3,(H,29,30)(H,31,32). The van der Waals surface area contributed by atoms with E-state index in [0.717, 1.165) is 42.9 Å². The van der Waals surface area contributed by atoms with Gasteiger partial charge in [0.2, 0.25) is 0 Å². The highest BCUT2D eigenvalue weighted by Crippen LogP contribution is 2.34. The Labute approximate surface area is 194 Å². The molecule has 0 aromatic heterocycles. The average Bonchev–Trinajstić information content (AvgIpc) is 2.84. The van der Waals surface area contributed by atoms with E-state index in [2.05, 4.69) is 17.4 Å². The lowest BCUT2D eigenvalue weighted by molar-refractivity contribution is -0.145. The third kappa shape index (κ3) is 5.19.